The molecule has 1 unspecified atom stereocenters. The van der Waals surface area contributed by atoms with E-state index < -0.39 is 22.7 Å². The average molecular weight is 418 g/mol. The second-order valence-electron chi connectivity index (χ2n) is 8.00. The number of nitrogens with zero attached hydrogens (tertiary/aromatic N) is 5. The van der Waals surface area contributed by atoms with Crippen molar-refractivity contribution in [2.45, 2.75) is 32.4 Å². The van der Waals surface area contributed by atoms with Crippen LogP contribution in [0.5, 0.6) is 5.88 Å². The van der Waals surface area contributed by atoms with Gasteiger partial charge in [-0.1, -0.05) is 0 Å². The van der Waals surface area contributed by atoms with Crippen molar-refractivity contribution < 1.29 is 19.2 Å². The maximum absolute atomic E-state index is 12.9. The molecule has 162 valence electrons. The summed E-state index contributed by atoms with van der Waals surface area (Å²) in [7, 11) is 3.08. The van der Waals surface area contributed by atoms with Crippen LogP contribution in [0.15, 0.2) is 18.5 Å². The lowest BCUT2D eigenvalue weighted by Crippen LogP contribution is -2.50. The highest BCUT2D eigenvalue weighted by atomic mass is 16.6. The van der Waals surface area contributed by atoms with Crippen LogP contribution in [0.2, 0.25) is 0 Å². The third-order valence-electron chi connectivity index (χ3n) is 4.59. The molecule has 0 spiro atoms. The third-order valence-corrected chi connectivity index (χ3v) is 4.59. The molecule has 0 radical (unpaired) electrons. The van der Waals surface area contributed by atoms with Crippen molar-refractivity contribution in [1.29, 1.82) is 0 Å². The van der Waals surface area contributed by atoms with E-state index in [1.807, 2.05) is 0 Å². The highest BCUT2D eigenvalue weighted by Crippen LogP contribution is 2.37. The summed E-state index contributed by atoms with van der Waals surface area (Å²) in [5.74, 6) is -0.114. The van der Waals surface area contributed by atoms with Crippen LogP contribution in [0.3, 0.4) is 0 Å². The molecule has 1 fully saturated rings. The van der Waals surface area contributed by atoms with Gasteiger partial charge in [-0.05, 0) is 20.8 Å². The number of carbonyl (C=O) groups is 1. The monoisotopic (exact) mass is 418 g/mol. The Hall–Kier alpha value is -3.21. The largest absolute Gasteiger partial charge is 0.476 e. The van der Waals surface area contributed by atoms with Gasteiger partial charge >= 0.3 is 11.8 Å². The van der Waals surface area contributed by atoms with Gasteiger partial charge in [-0.25, -0.2) is 9.78 Å². The zero-order chi connectivity index (χ0) is 22.1. The maximum Gasteiger partial charge on any atom is 0.410 e. The fourth-order valence-corrected chi connectivity index (χ4v) is 3.31. The number of amides is 1. The number of rotatable bonds is 4. The molecule has 11 heteroatoms. The van der Waals surface area contributed by atoms with Crippen LogP contribution in [-0.2, 0) is 11.8 Å². The predicted molar refractivity (Wildman–Crippen MR) is 108 cm³/mol. The molecular formula is C19H26N6O5. The molecular weight excluding hydrogens is 392 g/mol. The standard InChI is InChI=1S/C19H26N6O5/c1-19(2,3)30-18(26)24-7-6-20-10-15(24)16-13(12-9-21-23(4)11-12)8-14(25(27)28)17(22-16)29-5/h8-9,11,15,20H,6-7,10H2,1-5H3. The van der Waals surface area contributed by atoms with Gasteiger partial charge in [0.2, 0.25) is 0 Å². The quantitative estimate of drug-likeness (QED) is 0.592. The Balaban J connectivity index is 2.13. The summed E-state index contributed by atoms with van der Waals surface area (Å²) >= 11 is 0. The molecule has 0 aliphatic carbocycles. The first-order valence-electron chi connectivity index (χ1n) is 9.53. The van der Waals surface area contributed by atoms with Crippen molar-refractivity contribution in [3.05, 3.63) is 34.3 Å². The smallest absolute Gasteiger partial charge is 0.410 e. The number of hydrogen-bond acceptors (Lipinski definition) is 8. The van der Waals surface area contributed by atoms with Gasteiger partial charge in [0, 0.05) is 50.1 Å². The van der Waals surface area contributed by atoms with Gasteiger partial charge in [-0.3, -0.25) is 19.7 Å². The summed E-state index contributed by atoms with van der Waals surface area (Å²) in [6.07, 6.45) is 2.88. The number of hydrogen-bond donors (Lipinski definition) is 1. The van der Waals surface area contributed by atoms with Crippen LogP contribution < -0.4 is 10.1 Å². The molecule has 1 aliphatic heterocycles. The van der Waals surface area contributed by atoms with Crippen LogP contribution in [-0.4, -0.2) is 63.0 Å². The van der Waals surface area contributed by atoms with E-state index in [1.54, 1.807) is 49.8 Å². The molecule has 2 aromatic rings. The molecule has 30 heavy (non-hydrogen) atoms. The topological polar surface area (TPSA) is 125 Å². The minimum absolute atomic E-state index is 0.114. The number of aryl methyl sites for hydroxylation is 1. The fraction of sp³-hybridized carbons (Fsp3) is 0.526. The van der Waals surface area contributed by atoms with E-state index in [9.17, 15) is 14.9 Å². The van der Waals surface area contributed by atoms with E-state index in [0.717, 1.165) is 0 Å². The van der Waals surface area contributed by atoms with Crippen molar-refractivity contribution in [1.82, 2.24) is 25.0 Å². The van der Waals surface area contributed by atoms with Crippen molar-refractivity contribution in [3.63, 3.8) is 0 Å². The zero-order valence-corrected chi connectivity index (χ0v) is 17.7. The summed E-state index contributed by atoms with van der Waals surface area (Å²) in [6, 6.07) is 0.915. The Kier molecular flexibility index (Phi) is 5.92. The van der Waals surface area contributed by atoms with Crippen LogP contribution >= 0.6 is 0 Å². The minimum Gasteiger partial charge on any atom is -0.476 e. The molecule has 11 nitrogen and oxygen atoms in total. The zero-order valence-electron chi connectivity index (χ0n) is 17.7. The van der Waals surface area contributed by atoms with Crippen LogP contribution in [0.25, 0.3) is 11.1 Å². The molecule has 0 bridgehead atoms. The van der Waals surface area contributed by atoms with Crippen molar-refractivity contribution >= 4 is 11.8 Å². The number of piperazine rings is 1. The number of nitro groups is 1. The Labute approximate surface area is 174 Å². The molecule has 3 heterocycles. The normalized spacial score (nSPS) is 17.0. The lowest BCUT2D eigenvalue weighted by molar-refractivity contribution is -0.386. The number of ether oxygens (including phenoxy) is 2. The molecule has 1 saturated heterocycles. The lowest BCUT2D eigenvalue weighted by Gasteiger charge is -2.37. The minimum atomic E-state index is -0.653. The number of pyridine rings is 1. The summed E-state index contributed by atoms with van der Waals surface area (Å²) in [5.41, 5.74) is 0.730. The summed E-state index contributed by atoms with van der Waals surface area (Å²) < 4.78 is 12.4. The van der Waals surface area contributed by atoms with Crippen LogP contribution in [0, 0.1) is 10.1 Å². The highest BCUT2D eigenvalue weighted by Gasteiger charge is 2.35. The average Bonchev–Trinajstić information content (AvgIpc) is 3.11. The molecule has 0 saturated carbocycles. The Morgan fingerprint density at radius 1 is 1.40 bits per heavy atom. The van der Waals surface area contributed by atoms with Crippen molar-refractivity contribution in [2.24, 2.45) is 7.05 Å². The molecule has 1 aliphatic rings. The predicted octanol–water partition coefficient (Wildman–Crippen LogP) is 2.28. The molecule has 3 rings (SSSR count). The number of nitrogens with one attached hydrogen (secondary N) is 1. The van der Waals surface area contributed by atoms with Gasteiger partial charge in [-0.2, -0.15) is 5.10 Å². The fourth-order valence-electron chi connectivity index (χ4n) is 3.31. The van der Waals surface area contributed by atoms with E-state index in [1.165, 1.54) is 13.2 Å². The lowest BCUT2D eigenvalue weighted by atomic mass is 9.99. The van der Waals surface area contributed by atoms with Gasteiger partial charge < -0.3 is 14.8 Å². The summed E-state index contributed by atoms with van der Waals surface area (Å²) in [4.78, 5) is 29.9. The van der Waals surface area contributed by atoms with E-state index >= 15 is 0 Å². The highest BCUT2D eigenvalue weighted by molar-refractivity contribution is 5.73. The van der Waals surface area contributed by atoms with Crippen LogP contribution in [0.4, 0.5) is 10.5 Å². The second-order valence-corrected chi connectivity index (χ2v) is 8.00. The first-order valence-corrected chi connectivity index (χ1v) is 9.53. The number of methoxy groups -OCH3 is 1. The van der Waals surface area contributed by atoms with Crippen LogP contribution in [0.1, 0.15) is 32.5 Å². The molecule has 1 N–H and O–H groups in total. The molecule has 1 atom stereocenters. The van der Waals surface area contributed by atoms with E-state index in [2.05, 4.69) is 15.4 Å². The SMILES string of the molecule is COc1nc(C2CNCCN2C(=O)OC(C)(C)C)c(-c2cnn(C)c2)cc1[N+](=O)[O-]. The number of aromatic nitrogens is 3. The van der Waals surface area contributed by atoms with Crippen molar-refractivity contribution in [2.75, 3.05) is 26.7 Å². The summed E-state index contributed by atoms with van der Waals surface area (Å²) in [6.45, 7) is 6.83. The third kappa shape index (κ3) is 4.51. The molecule has 0 aromatic carbocycles. The van der Waals surface area contributed by atoms with Gasteiger partial charge in [0.05, 0.1) is 30.0 Å². The van der Waals surface area contributed by atoms with Gasteiger partial charge in [0.1, 0.15) is 5.60 Å². The van der Waals surface area contributed by atoms with Gasteiger partial charge in [0.25, 0.3) is 5.88 Å². The Morgan fingerprint density at radius 2 is 2.13 bits per heavy atom. The molecule has 2 aromatic heterocycles. The Morgan fingerprint density at radius 3 is 2.70 bits per heavy atom. The van der Waals surface area contributed by atoms with E-state index in [0.29, 0.717) is 36.5 Å². The van der Waals surface area contributed by atoms with Gasteiger partial charge in [0.15, 0.2) is 0 Å². The first kappa shape index (κ1) is 21.5. The second kappa shape index (κ2) is 8.27. The van der Waals surface area contributed by atoms with E-state index in [4.69, 9.17) is 9.47 Å². The van der Waals surface area contributed by atoms with Crippen molar-refractivity contribution in [3.8, 4) is 17.0 Å². The molecule has 1 amide bonds. The maximum atomic E-state index is 12.9. The van der Waals surface area contributed by atoms with E-state index in [-0.39, 0.29) is 11.6 Å². The Bertz CT molecular complexity index is 951. The van der Waals surface area contributed by atoms with Gasteiger partial charge in [-0.15, -0.1) is 0 Å². The first-order chi connectivity index (χ1) is 14.1. The summed E-state index contributed by atoms with van der Waals surface area (Å²) in [5, 5.41) is 19.0. The number of carbonyl (C=O) groups excluding carboxylic acids is 1.